The van der Waals surface area contributed by atoms with Crippen molar-refractivity contribution in [2.75, 3.05) is 5.32 Å². The van der Waals surface area contributed by atoms with E-state index in [1.54, 1.807) is 13.1 Å². The van der Waals surface area contributed by atoms with Gasteiger partial charge >= 0.3 is 0 Å². The second-order valence-corrected chi connectivity index (χ2v) is 4.72. The highest BCUT2D eigenvalue weighted by atomic mass is 16.3. The number of aromatic nitrogens is 1. The molecule has 1 aromatic heterocycles. The molecule has 2 rings (SSSR count). The Bertz CT molecular complexity index is 597. The highest BCUT2D eigenvalue weighted by molar-refractivity contribution is 5.53. The molecule has 1 heterocycles. The van der Waals surface area contributed by atoms with Crippen LogP contribution in [0.5, 0.6) is 5.75 Å². The Morgan fingerprint density at radius 2 is 1.95 bits per heavy atom. The van der Waals surface area contributed by atoms with Crippen LogP contribution < -0.4 is 5.32 Å². The number of para-hydroxylation sites is 1. The zero-order chi connectivity index (χ0) is 14.5. The van der Waals surface area contributed by atoms with Crippen LogP contribution in [-0.2, 0) is 19.6 Å². The predicted octanol–water partition coefficient (Wildman–Crippen LogP) is 2.76. The van der Waals surface area contributed by atoms with Crippen molar-refractivity contribution >= 4 is 5.69 Å². The van der Waals surface area contributed by atoms with Crippen LogP contribution in [0.1, 0.15) is 29.3 Å². The van der Waals surface area contributed by atoms with Gasteiger partial charge in [-0.25, -0.2) is 0 Å². The van der Waals surface area contributed by atoms with E-state index in [0.717, 1.165) is 12.1 Å². The Hall–Kier alpha value is -2.07. The number of anilines is 1. The van der Waals surface area contributed by atoms with Crippen LogP contribution >= 0.6 is 0 Å². The fourth-order valence-corrected chi connectivity index (χ4v) is 2.20. The third kappa shape index (κ3) is 2.91. The lowest BCUT2D eigenvalue weighted by atomic mass is 10.1. The van der Waals surface area contributed by atoms with Crippen molar-refractivity contribution < 1.29 is 10.2 Å². The molecule has 0 aliphatic carbocycles. The molecule has 2 aromatic rings. The average molecular weight is 272 g/mol. The standard InChI is InChI=1S/C16H20N2O2/c1-3-12-6-4-5-7-15(12)18-9-14-13(10-19)8-17-11(2)16(14)20/h4-8,18-20H,3,9-10H2,1-2H3. The molecule has 0 fully saturated rings. The molecule has 1 aromatic carbocycles. The highest BCUT2D eigenvalue weighted by Crippen LogP contribution is 2.25. The third-order valence-electron chi connectivity index (χ3n) is 3.45. The van der Waals surface area contributed by atoms with Gasteiger partial charge in [-0.3, -0.25) is 4.98 Å². The maximum Gasteiger partial charge on any atom is 0.142 e. The average Bonchev–Trinajstić information content (AvgIpc) is 2.49. The van der Waals surface area contributed by atoms with Gasteiger partial charge in [-0.1, -0.05) is 25.1 Å². The molecule has 0 amide bonds. The molecule has 106 valence electrons. The van der Waals surface area contributed by atoms with E-state index in [9.17, 15) is 10.2 Å². The van der Waals surface area contributed by atoms with Gasteiger partial charge in [0.05, 0.1) is 12.3 Å². The first-order valence-corrected chi connectivity index (χ1v) is 6.76. The fraction of sp³-hybridized carbons (Fsp3) is 0.312. The van der Waals surface area contributed by atoms with E-state index < -0.39 is 0 Å². The summed E-state index contributed by atoms with van der Waals surface area (Å²) in [4.78, 5) is 4.06. The first-order valence-electron chi connectivity index (χ1n) is 6.76. The van der Waals surface area contributed by atoms with Crippen molar-refractivity contribution in [2.45, 2.75) is 33.4 Å². The van der Waals surface area contributed by atoms with Crippen LogP contribution in [0, 0.1) is 6.92 Å². The minimum atomic E-state index is -0.132. The van der Waals surface area contributed by atoms with Crippen LogP contribution in [0.4, 0.5) is 5.69 Å². The monoisotopic (exact) mass is 272 g/mol. The molecule has 0 spiro atoms. The maximum absolute atomic E-state index is 10.1. The number of aliphatic hydroxyl groups is 1. The molecule has 0 aliphatic heterocycles. The van der Waals surface area contributed by atoms with E-state index in [0.29, 0.717) is 23.4 Å². The lowest BCUT2D eigenvalue weighted by Crippen LogP contribution is -2.07. The first-order chi connectivity index (χ1) is 9.67. The number of pyridine rings is 1. The highest BCUT2D eigenvalue weighted by Gasteiger charge is 2.11. The molecule has 0 radical (unpaired) electrons. The van der Waals surface area contributed by atoms with Crippen LogP contribution in [0.3, 0.4) is 0 Å². The van der Waals surface area contributed by atoms with Gasteiger partial charge in [0.1, 0.15) is 5.75 Å². The van der Waals surface area contributed by atoms with E-state index in [2.05, 4.69) is 23.3 Å². The van der Waals surface area contributed by atoms with Gasteiger partial charge in [0.25, 0.3) is 0 Å². The molecule has 0 unspecified atom stereocenters. The second kappa shape index (κ2) is 6.39. The summed E-state index contributed by atoms with van der Waals surface area (Å²) in [6.45, 7) is 4.18. The minimum absolute atomic E-state index is 0.132. The summed E-state index contributed by atoms with van der Waals surface area (Å²) in [5.74, 6) is 0.151. The Balaban J connectivity index is 2.25. The molecule has 20 heavy (non-hydrogen) atoms. The molecule has 0 atom stereocenters. The molecule has 0 bridgehead atoms. The summed E-state index contributed by atoms with van der Waals surface area (Å²) in [7, 11) is 0. The summed E-state index contributed by atoms with van der Waals surface area (Å²) in [5, 5.41) is 22.8. The summed E-state index contributed by atoms with van der Waals surface area (Å²) in [6.07, 6.45) is 2.55. The van der Waals surface area contributed by atoms with Gasteiger partial charge in [-0.05, 0) is 25.0 Å². The van der Waals surface area contributed by atoms with Gasteiger partial charge in [0.15, 0.2) is 0 Å². The number of benzene rings is 1. The molecular formula is C16H20N2O2. The number of aliphatic hydroxyl groups excluding tert-OH is 1. The van der Waals surface area contributed by atoms with Crippen molar-refractivity contribution in [1.29, 1.82) is 0 Å². The van der Waals surface area contributed by atoms with Crippen molar-refractivity contribution in [1.82, 2.24) is 4.98 Å². The normalized spacial score (nSPS) is 10.6. The van der Waals surface area contributed by atoms with Crippen LogP contribution in [0.15, 0.2) is 30.5 Å². The Morgan fingerprint density at radius 1 is 1.20 bits per heavy atom. The smallest absolute Gasteiger partial charge is 0.142 e. The van der Waals surface area contributed by atoms with Crippen LogP contribution in [0.25, 0.3) is 0 Å². The molecule has 3 N–H and O–H groups in total. The van der Waals surface area contributed by atoms with Crippen LogP contribution in [0.2, 0.25) is 0 Å². The Kier molecular flexibility index (Phi) is 4.58. The minimum Gasteiger partial charge on any atom is -0.506 e. The van der Waals surface area contributed by atoms with Crippen molar-refractivity contribution in [3.8, 4) is 5.75 Å². The van der Waals surface area contributed by atoms with E-state index in [-0.39, 0.29) is 12.4 Å². The van der Waals surface area contributed by atoms with Crippen molar-refractivity contribution in [2.24, 2.45) is 0 Å². The number of aryl methyl sites for hydroxylation is 2. The van der Waals surface area contributed by atoms with Crippen LogP contribution in [-0.4, -0.2) is 15.2 Å². The van der Waals surface area contributed by atoms with Gasteiger partial charge in [0.2, 0.25) is 0 Å². The topological polar surface area (TPSA) is 65.4 Å². The number of hydrogen-bond donors (Lipinski definition) is 3. The zero-order valence-electron chi connectivity index (χ0n) is 11.8. The number of nitrogens with one attached hydrogen (secondary N) is 1. The number of aromatic hydroxyl groups is 1. The quantitative estimate of drug-likeness (QED) is 0.783. The molecule has 0 aliphatic rings. The van der Waals surface area contributed by atoms with E-state index in [1.807, 2.05) is 18.2 Å². The maximum atomic E-state index is 10.1. The van der Waals surface area contributed by atoms with E-state index in [4.69, 9.17) is 0 Å². The van der Waals surface area contributed by atoms with Gasteiger partial charge in [0, 0.05) is 29.6 Å². The fourth-order valence-electron chi connectivity index (χ4n) is 2.20. The lowest BCUT2D eigenvalue weighted by Gasteiger charge is -2.15. The third-order valence-corrected chi connectivity index (χ3v) is 3.45. The SMILES string of the molecule is CCc1ccccc1NCc1c(CO)cnc(C)c1O. The van der Waals surface area contributed by atoms with E-state index >= 15 is 0 Å². The van der Waals surface area contributed by atoms with Crippen molar-refractivity contribution in [3.05, 3.63) is 52.8 Å². The van der Waals surface area contributed by atoms with Crippen molar-refractivity contribution in [3.63, 3.8) is 0 Å². The predicted molar refractivity (Wildman–Crippen MR) is 79.7 cm³/mol. The lowest BCUT2D eigenvalue weighted by molar-refractivity contribution is 0.279. The summed E-state index contributed by atoms with van der Waals surface area (Å²) in [5.41, 5.74) is 4.19. The molecule has 4 heteroatoms. The zero-order valence-corrected chi connectivity index (χ0v) is 11.8. The Morgan fingerprint density at radius 3 is 2.65 bits per heavy atom. The summed E-state index contributed by atoms with van der Waals surface area (Å²) >= 11 is 0. The molecule has 0 saturated carbocycles. The number of nitrogens with zero attached hydrogens (tertiary/aromatic N) is 1. The number of rotatable bonds is 5. The summed E-state index contributed by atoms with van der Waals surface area (Å²) < 4.78 is 0. The van der Waals surface area contributed by atoms with E-state index in [1.165, 1.54) is 5.56 Å². The first kappa shape index (κ1) is 14.3. The largest absolute Gasteiger partial charge is 0.506 e. The van der Waals surface area contributed by atoms with Gasteiger partial charge < -0.3 is 15.5 Å². The molecule has 0 saturated heterocycles. The molecule has 4 nitrogen and oxygen atoms in total. The van der Waals surface area contributed by atoms with Gasteiger partial charge in [-0.2, -0.15) is 0 Å². The van der Waals surface area contributed by atoms with Gasteiger partial charge in [-0.15, -0.1) is 0 Å². The molecular weight excluding hydrogens is 252 g/mol. The Labute approximate surface area is 119 Å². The number of hydrogen-bond acceptors (Lipinski definition) is 4. The second-order valence-electron chi connectivity index (χ2n) is 4.72. The summed E-state index contributed by atoms with van der Waals surface area (Å²) in [6, 6.07) is 8.08.